The predicted octanol–water partition coefficient (Wildman–Crippen LogP) is 4.28. The number of piperidine rings is 1. The Bertz CT molecular complexity index is 1400. The fraction of sp³-hybridized carbons (Fsp3) is 0.571. The molecule has 2 aromatic rings. The molecule has 234 valence electrons. The Kier molecular flexibility index (Phi) is 8.10. The maximum Gasteiger partial charge on any atom is 0.255 e. The molecule has 2 aromatic carbocycles. The van der Waals surface area contributed by atoms with E-state index in [4.69, 9.17) is 9.47 Å². The summed E-state index contributed by atoms with van der Waals surface area (Å²) in [7, 11) is 1.70. The lowest BCUT2D eigenvalue weighted by atomic mass is 9.77. The Labute approximate surface area is 259 Å². The lowest BCUT2D eigenvalue weighted by Crippen LogP contribution is -2.59. The highest BCUT2D eigenvalue weighted by molar-refractivity contribution is 6.06. The molecule has 1 atom stereocenters. The minimum absolute atomic E-state index is 0.0357. The van der Waals surface area contributed by atoms with Gasteiger partial charge in [0.05, 0.1) is 20.3 Å². The number of fused-ring (bicyclic) bond motifs is 1. The van der Waals surface area contributed by atoms with Gasteiger partial charge in [-0.05, 0) is 74.3 Å². The fourth-order valence-corrected chi connectivity index (χ4v) is 7.94. The molecule has 5 aliphatic rings. The molecule has 0 radical (unpaired) electrons. The van der Waals surface area contributed by atoms with Gasteiger partial charge >= 0.3 is 0 Å². The number of carbonyl (C=O) groups excluding carboxylic acids is 3. The number of benzene rings is 2. The summed E-state index contributed by atoms with van der Waals surface area (Å²) in [6.07, 6.45) is 8.73. The monoisotopic (exact) mass is 600 g/mol. The molecule has 2 saturated heterocycles. The smallest absolute Gasteiger partial charge is 0.255 e. The number of nitrogens with one attached hydrogen (secondary N) is 1. The van der Waals surface area contributed by atoms with E-state index in [9.17, 15) is 14.4 Å². The molecule has 3 amide bonds. The second-order valence-corrected chi connectivity index (χ2v) is 13.4. The van der Waals surface area contributed by atoms with E-state index in [2.05, 4.69) is 33.3 Å². The predicted molar refractivity (Wildman–Crippen MR) is 166 cm³/mol. The minimum Gasteiger partial charge on any atom is -0.497 e. The maximum absolute atomic E-state index is 13.6. The number of ether oxygens (including phenoxy) is 2. The summed E-state index contributed by atoms with van der Waals surface area (Å²) < 4.78 is 11.5. The van der Waals surface area contributed by atoms with Gasteiger partial charge in [0.25, 0.3) is 5.91 Å². The molecule has 1 unspecified atom stereocenters. The number of amides is 3. The molecule has 44 heavy (non-hydrogen) atoms. The van der Waals surface area contributed by atoms with Crippen LogP contribution in [-0.4, -0.2) is 78.6 Å². The summed E-state index contributed by atoms with van der Waals surface area (Å²) >= 11 is 0. The summed E-state index contributed by atoms with van der Waals surface area (Å²) in [5, 5.41) is 2.43. The van der Waals surface area contributed by atoms with Crippen molar-refractivity contribution in [2.24, 2.45) is 5.92 Å². The van der Waals surface area contributed by atoms with Crippen LogP contribution in [-0.2, 0) is 27.4 Å². The van der Waals surface area contributed by atoms with Crippen LogP contribution in [0.15, 0.2) is 42.5 Å². The minimum atomic E-state index is -0.599. The molecule has 0 aromatic heterocycles. The van der Waals surface area contributed by atoms with Crippen LogP contribution in [0, 0.1) is 5.92 Å². The summed E-state index contributed by atoms with van der Waals surface area (Å²) in [4.78, 5) is 45.0. The molecule has 1 spiro atoms. The summed E-state index contributed by atoms with van der Waals surface area (Å²) in [5.74, 6) is 0.961. The number of imide groups is 1. The third-order valence-electron chi connectivity index (χ3n) is 10.7. The zero-order valence-corrected chi connectivity index (χ0v) is 25.8. The van der Waals surface area contributed by atoms with Gasteiger partial charge in [0, 0.05) is 61.0 Å². The topological polar surface area (TPSA) is 91.4 Å². The Morgan fingerprint density at radius 3 is 2.55 bits per heavy atom. The third-order valence-corrected chi connectivity index (χ3v) is 10.7. The first-order valence-electron chi connectivity index (χ1n) is 16.4. The number of hydrogen-bond donors (Lipinski definition) is 1. The molecule has 2 aliphatic carbocycles. The largest absolute Gasteiger partial charge is 0.497 e. The summed E-state index contributed by atoms with van der Waals surface area (Å²) in [6.45, 7) is 4.78. The fourth-order valence-electron chi connectivity index (χ4n) is 7.94. The van der Waals surface area contributed by atoms with Crippen molar-refractivity contribution in [2.45, 2.75) is 88.5 Å². The first-order valence-corrected chi connectivity index (χ1v) is 16.4. The van der Waals surface area contributed by atoms with Crippen molar-refractivity contribution in [3.63, 3.8) is 0 Å². The van der Waals surface area contributed by atoms with E-state index in [0.29, 0.717) is 24.6 Å². The molecule has 3 aliphatic heterocycles. The van der Waals surface area contributed by atoms with E-state index >= 15 is 0 Å². The van der Waals surface area contributed by atoms with Crippen LogP contribution in [0.25, 0.3) is 0 Å². The van der Waals surface area contributed by atoms with Crippen molar-refractivity contribution in [1.82, 2.24) is 15.1 Å². The van der Waals surface area contributed by atoms with Crippen LogP contribution < -0.4 is 15.0 Å². The molecule has 7 rings (SSSR count). The van der Waals surface area contributed by atoms with E-state index < -0.39 is 6.04 Å². The van der Waals surface area contributed by atoms with Gasteiger partial charge in [-0.2, -0.15) is 0 Å². The number of morpholine rings is 1. The first-order chi connectivity index (χ1) is 21.4. The highest BCUT2D eigenvalue weighted by Gasteiger charge is 2.45. The van der Waals surface area contributed by atoms with E-state index in [-0.39, 0.29) is 29.7 Å². The van der Waals surface area contributed by atoms with Crippen LogP contribution in [0.3, 0.4) is 0 Å². The molecule has 2 saturated carbocycles. The van der Waals surface area contributed by atoms with Crippen LogP contribution in [0.1, 0.15) is 79.3 Å². The van der Waals surface area contributed by atoms with Crippen molar-refractivity contribution in [3.05, 3.63) is 59.2 Å². The lowest BCUT2D eigenvalue weighted by Gasteiger charge is -2.52. The van der Waals surface area contributed by atoms with Gasteiger partial charge in [0.1, 0.15) is 11.8 Å². The average Bonchev–Trinajstić information content (AvgIpc) is 3.81. The zero-order chi connectivity index (χ0) is 30.3. The van der Waals surface area contributed by atoms with Gasteiger partial charge in [-0.1, -0.05) is 31.0 Å². The molecule has 3 heterocycles. The van der Waals surface area contributed by atoms with Crippen LogP contribution in [0.5, 0.6) is 5.75 Å². The van der Waals surface area contributed by atoms with Gasteiger partial charge in [0.15, 0.2) is 0 Å². The molecule has 4 fully saturated rings. The highest BCUT2D eigenvalue weighted by Crippen LogP contribution is 2.43. The van der Waals surface area contributed by atoms with E-state index in [1.807, 2.05) is 24.3 Å². The maximum atomic E-state index is 13.6. The molecule has 0 bridgehead atoms. The standard InChI is InChI=1S/C35H44N4O5/c1-43-27-9-7-25(8-10-27)21-37-19-20-44-23-35(37)16-13-26(14-17-35)38(18-15-24-5-6-24)30-4-2-3-28-29(30)22-39(34(28)42)31-11-12-32(40)36-33(31)41/h2-4,7-10,24,26,31H,5-6,11-23H2,1H3,(H,36,40,41). The van der Waals surface area contributed by atoms with Gasteiger partial charge in [-0.15, -0.1) is 0 Å². The van der Waals surface area contributed by atoms with Crippen LogP contribution in [0.4, 0.5) is 5.69 Å². The number of rotatable bonds is 9. The highest BCUT2D eigenvalue weighted by atomic mass is 16.5. The molecular formula is C35H44N4O5. The molecule has 1 N–H and O–H groups in total. The van der Waals surface area contributed by atoms with Crippen molar-refractivity contribution in [2.75, 3.05) is 38.3 Å². The van der Waals surface area contributed by atoms with Crippen molar-refractivity contribution >= 4 is 23.4 Å². The Balaban J connectivity index is 1.10. The Morgan fingerprint density at radius 2 is 1.82 bits per heavy atom. The number of carbonyl (C=O) groups is 3. The number of nitrogens with zero attached hydrogens (tertiary/aromatic N) is 3. The average molecular weight is 601 g/mol. The van der Waals surface area contributed by atoms with Crippen molar-refractivity contribution in [1.29, 1.82) is 0 Å². The summed E-state index contributed by atoms with van der Waals surface area (Å²) in [5.41, 5.74) is 4.20. The van der Waals surface area contributed by atoms with Crippen molar-refractivity contribution in [3.8, 4) is 5.75 Å². The van der Waals surface area contributed by atoms with Crippen molar-refractivity contribution < 1.29 is 23.9 Å². The molecule has 9 nitrogen and oxygen atoms in total. The molecular weight excluding hydrogens is 556 g/mol. The number of anilines is 1. The molecule has 9 heteroatoms. The van der Waals surface area contributed by atoms with Gasteiger partial charge < -0.3 is 19.3 Å². The lowest BCUT2D eigenvalue weighted by molar-refractivity contribution is -0.136. The Morgan fingerprint density at radius 1 is 1.02 bits per heavy atom. The summed E-state index contributed by atoms with van der Waals surface area (Å²) in [6, 6.07) is 14.3. The van der Waals surface area contributed by atoms with E-state index in [1.165, 1.54) is 24.8 Å². The second kappa shape index (κ2) is 12.2. The quantitative estimate of drug-likeness (QED) is 0.430. The number of hydrogen-bond acceptors (Lipinski definition) is 7. The first kappa shape index (κ1) is 29.3. The zero-order valence-electron chi connectivity index (χ0n) is 25.8. The van der Waals surface area contributed by atoms with Gasteiger partial charge in [-0.3, -0.25) is 24.6 Å². The number of methoxy groups -OCH3 is 1. The van der Waals surface area contributed by atoms with Gasteiger partial charge in [-0.25, -0.2) is 0 Å². The van der Waals surface area contributed by atoms with E-state index in [1.54, 1.807) is 12.0 Å². The normalized spacial score (nSPS) is 27.4. The van der Waals surface area contributed by atoms with Crippen LogP contribution in [0.2, 0.25) is 0 Å². The van der Waals surface area contributed by atoms with Gasteiger partial charge in [0.2, 0.25) is 11.8 Å². The SMILES string of the molecule is COc1ccc(CN2CCOCC23CCC(N(CCC2CC2)c2cccc4c2CN(C2CCC(=O)NC2=O)C4=O)CC3)cc1. The van der Waals surface area contributed by atoms with Crippen LogP contribution >= 0.6 is 0 Å². The third kappa shape index (κ3) is 5.72. The Hall–Kier alpha value is -3.43. The van der Waals surface area contributed by atoms with E-state index in [0.717, 1.165) is 81.4 Å². The second-order valence-electron chi connectivity index (χ2n) is 13.4.